The van der Waals surface area contributed by atoms with Crippen LogP contribution in [0.3, 0.4) is 0 Å². The second-order valence-electron chi connectivity index (χ2n) is 6.42. The van der Waals surface area contributed by atoms with Crippen molar-refractivity contribution in [1.82, 2.24) is 10.2 Å². The highest BCUT2D eigenvalue weighted by molar-refractivity contribution is 7.92. The van der Waals surface area contributed by atoms with Gasteiger partial charge in [0, 0.05) is 6.04 Å². The van der Waals surface area contributed by atoms with Crippen molar-refractivity contribution >= 4 is 31.5 Å². The molecule has 8 nitrogen and oxygen atoms in total. The van der Waals surface area contributed by atoms with E-state index in [1.807, 2.05) is 6.92 Å². The van der Waals surface area contributed by atoms with Crippen LogP contribution < -0.4 is 10.0 Å². The van der Waals surface area contributed by atoms with Crippen molar-refractivity contribution in [2.24, 2.45) is 0 Å². The van der Waals surface area contributed by atoms with Gasteiger partial charge in [-0.15, -0.1) is 10.2 Å². The minimum Gasteiger partial charge on any atom is -0.365 e. The van der Waals surface area contributed by atoms with Crippen LogP contribution in [0.1, 0.15) is 17.5 Å². The Morgan fingerprint density at radius 2 is 1.77 bits per heavy atom. The van der Waals surface area contributed by atoms with Gasteiger partial charge in [0.05, 0.1) is 16.4 Å². The summed E-state index contributed by atoms with van der Waals surface area (Å²) in [5.41, 5.74) is 1.62. The molecule has 0 radical (unpaired) electrons. The van der Waals surface area contributed by atoms with Gasteiger partial charge in [-0.25, -0.2) is 16.8 Å². The average molecular weight is 396 g/mol. The summed E-state index contributed by atoms with van der Waals surface area (Å²) in [6, 6.07) is 7.93. The lowest BCUT2D eigenvalue weighted by molar-refractivity contribution is 0.599. The van der Waals surface area contributed by atoms with Crippen molar-refractivity contribution < 1.29 is 16.8 Å². The summed E-state index contributed by atoms with van der Waals surface area (Å²) < 4.78 is 50.4. The molecule has 0 bridgehead atoms. The van der Waals surface area contributed by atoms with Gasteiger partial charge in [-0.2, -0.15) is 0 Å². The number of sulfone groups is 1. The molecule has 0 aliphatic carbocycles. The lowest BCUT2D eigenvalue weighted by Gasteiger charge is -2.12. The van der Waals surface area contributed by atoms with Crippen LogP contribution >= 0.6 is 0 Å². The fourth-order valence-electron chi connectivity index (χ4n) is 2.88. The second kappa shape index (κ2) is 6.84. The van der Waals surface area contributed by atoms with E-state index in [1.165, 1.54) is 6.07 Å². The highest BCUT2D eigenvalue weighted by Gasteiger charge is 2.28. The van der Waals surface area contributed by atoms with E-state index < -0.39 is 19.9 Å². The first kappa shape index (κ1) is 18.6. The van der Waals surface area contributed by atoms with Crippen molar-refractivity contribution in [3.8, 4) is 0 Å². The van der Waals surface area contributed by atoms with Gasteiger partial charge in [0.25, 0.3) is 10.0 Å². The molecule has 1 aliphatic rings. The predicted octanol–water partition coefficient (Wildman–Crippen LogP) is 1.49. The topological polar surface area (TPSA) is 118 Å². The monoisotopic (exact) mass is 396 g/mol. The van der Waals surface area contributed by atoms with Gasteiger partial charge in [0.15, 0.2) is 15.7 Å². The zero-order valence-corrected chi connectivity index (χ0v) is 16.1. The van der Waals surface area contributed by atoms with Gasteiger partial charge in [-0.05, 0) is 44.0 Å². The second-order valence-corrected chi connectivity index (χ2v) is 10.3. The van der Waals surface area contributed by atoms with Crippen LogP contribution in [0.25, 0.3) is 0 Å². The zero-order valence-electron chi connectivity index (χ0n) is 14.4. The van der Waals surface area contributed by atoms with E-state index in [1.54, 1.807) is 31.2 Å². The molecular formula is C16H20N4O4S2. The van der Waals surface area contributed by atoms with Crippen LogP contribution in [0.15, 0.2) is 35.2 Å². The number of hydrogen-bond donors (Lipinski definition) is 2. The van der Waals surface area contributed by atoms with Gasteiger partial charge in [0.1, 0.15) is 5.82 Å². The average Bonchev–Trinajstić information content (AvgIpc) is 2.87. The van der Waals surface area contributed by atoms with E-state index in [9.17, 15) is 16.8 Å². The molecule has 3 rings (SSSR count). The fraction of sp³-hybridized carbons (Fsp3) is 0.375. The summed E-state index contributed by atoms with van der Waals surface area (Å²) in [6.07, 6.45) is 0.519. The van der Waals surface area contributed by atoms with E-state index >= 15 is 0 Å². The minimum atomic E-state index is -3.76. The Kier molecular flexibility index (Phi) is 4.89. The van der Waals surface area contributed by atoms with Crippen molar-refractivity contribution in [1.29, 1.82) is 0 Å². The Morgan fingerprint density at radius 1 is 1.08 bits per heavy atom. The Hall–Kier alpha value is -2.20. The van der Waals surface area contributed by atoms with Gasteiger partial charge < -0.3 is 5.32 Å². The Morgan fingerprint density at radius 3 is 2.35 bits per heavy atom. The molecule has 140 valence electrons. The van der Waals surface area contributed by atoms with Crippen LogP contribution in [-0.2, 0) is 19.9 Å². The van der Waals surface area contributed by atoms with Crippen LogP contribution in [0, 0.1) is 13.8 Å². The number of aryl methyl sites for hydroxylation is 2. The number of anilines is 2. The van der Waals surface area contributed by atoms with Crippen molar-refractivity contribution in [2.75, 3.05) is 21.5 Å². The van der Waals surface area contributed by atoms with Crippen LogP contribution in [0.4, 0.5) is 11.6 Å². The number of sulfonamides is 1. The van der Waals surface area contributed by atoms with Crippen LogP contribution in [0.2, 0.25) is 0 Å². The van der Waals surface area contributed by atoms with Gasteiger partial charge in [0.2, 0.25) is 0 Å². The molecule has 1 atom stereocenters. The summed E-state index contributed by atoms with van der Waals surface area (Å²) in [5, 5.41) is 10.8. The van der Waals surface area contributed by atoms with Crippen LogP contribution in [0.5, 0.6) is 0 Å². The normalized spacial score (nSPS) is 19.2. The van der Waals surface area contributed by atoms with E-state index in [0.29, 0.717) is 17.8 Å². The summed E-state index contributed by atoms with van der Waals surface area (Å²) in [5.74, 6) is 0.720. The maximum atomic E-state index is 12.5. The molecule has 1 aromatic heterocycles. The third-order valence-electron chi connectivity index (χ3n) is 4.11. The molecule has 26 heavy (non-hydrogen) atoms. The smallest absolute Gasteiger partial charge is 0.263 e. The zero-order chi connectivity index (χ0) is 18.9. The maximum absolute atomic E-state index is 12.5. The molecule has 2 aromatic rings. The molecule has 1 unspecified atom stereocenters. The Bertz CT molecular complexity index is 1020. The standard InChI is InChI=1S/C16H20N4O4S2/c1-11-3-4-14(12(2)9-11)26(23,24)20-16-6-5-15(18-19-16)17-13-7-8-25(21,22)10-13/h3-6,9,13H,7-8,10H2,1-2H3,(H,17,18)(H,19,20). The molecule has 0 amide bonds. The molecule has 2 heterocycles. The number of aromatic nitrogens is 2. The summed E-state index contributed by atoms with van der Waals surface area (Å²) >= 11 is 0. The quantitative estimate of drug-likeness (QED) is 0.786. The van der Waals surface area contributed by atoms with Gasteiger partial charge in [-0.1, -0.05) is 17.7 Å². The molecule has 1 aromatic carbocycles. The SMILES string of the molecule is Cc1ccc(S(=O)(=O)Nc2ccc(NC3CCS(=O)(=O)C3)nn2)c(C)c1. The number of hydrogen-bond acceptors (Lipinski definition) is 7. The summed E-state index contributed by atoms with van der Waals surface area (Å²) in [6.45, 7) is 3.62. The van der Waals surface area contributed by atoms with E-state index in [2.05, 4.69) is 20.2 Å². The minimum absolute atomic E-state index is 0.0652. The van der Waals surface area contributed by atoms with E-state index in [-0.39, 0.29) is 28.3 Å². The first-order valence-corrected chi connectivity index (χ1v) is 11.4. The van der Waals surface area contributed by atoms with Crippen molar-refractivity contribution in [3.63, 3.8) is 0 Å². The first-order chi connectivity index (χ1) is 12.1. The third kappa shape index (κ3) is 4.31. The molecule has 0 spiro atoms. The summed E-state index contributed by atoms with van der Waals surface area (Å²) in [7, 11) is -6.75. The number of nitrogens with one attached hydrogen (secondary N) is 2. The summed E-state index contributed by atoms with van der Waals surface area (Å²) in [4.78, 5) is 0.184. The predicted molar refractivity (Wildman–Crippen MR) is 99.4 cm³/mol. The number of nitrogens with zero attached hydrogens (tertiary/aromatic N) is 2. The van der Waals surface area contributed by atoms with E-state index in [0.717, 1.165) is 5.56 Å². The molecule has 1 fully saturated rings. The maximum Gasteiger partial charge on any atom is 0.263 e. The molecule has 1 aliphatic heterocycles. The first-order valence-electron chi connectivity index (χ1n) is 8.05. The van der Waals surface area contributed by atoms with E-state index in [4.69, 9.17) is 0 Å². The fourth-order valence-corrected chi connectivity index (χ4v) is 5.77. The molecule has 2 N–H and O–H groups in total. The molecule has 1 saturated heterocycles. The number of benzene rings is 1. The number of rotatable bonds is 5. The Labute approximate surface area is 153 Å². The highest BCUT2D eigenvalue weighted by atomic mass is 32.2. The van der Waals surface area contributed by atoms with Gasteiger partial charge >= 0.3 is 0 Å². The molecule has 0 saturated carbocycles. The third-order valence-corrected chi connectivity index (χ3v) is 7.39. The van der Waals surface area contributed by atoms with Crippen molar-refractivity contribution in [3.05, 3.63) is 41.5 Å². The molecular weight excluding hydrogens is 376 g/mol. The van der Waals surface area contributed by atoms with Crippen LogP contribution in [-0.4, -0.2) is 44.6 Å². The van der Waals surface area contributed by atoms with Gasteiger partial charge in [-0.3, -0.25) is 4.72 Å². The lowest BCUT2D eigenvalue weighted by atomic mass is 10.2. The lowest BCUT2D eigenvalue weighted by Crippen LogP contribution is -2.21. The van der Waals surface area contributed by atoms with Crippen molar-refractivity contribution in [2.45, 2.75) is 31.2 Å². The Balaban J connectivity index is 1.71. The largest absolute Gasteiger partial charge is 0.365 e. The highest BCUT2D eigenvalue weighted by Crippen LogP contribution is 2.20. The molecule has 10 heteroatoms.